The summed E-state index contributed by atoms with van der Waals surface area (Å²) in [5.74, 6) is -0.817. The second-order valence-electron chi connectivity index (χ2n) is 5.60. The molecule has 0 aliphatic heterocycles. The molecule has 0 radical (unpaired) electrons. The van der Waals surface area contributed by atoms with Gasteiger partial charge in [0.05, 0.1) is 0 Å². The molecule has 0 aromatic rings. The number of rotatable bonds is 6. The van der Waals surface area contributed by atoms with Crippen LogP contribution in [0.25, 0.3) is 0 Å². The van der Waals surface area contributed by atoms with Gasteiger partial charge >= 0.3 is 12.0 Å². The lowest BCUT2D eigenvalue weighted by Gasteiger charge is -2.26. The smallest absolute Gasteiger partial charge is 0.317 e. The zero-order chi connectivity index (χ0) is 13.6. The fourth-order valence-electron chi connectivity index (χ4n) is 2.40. The number of carboxylic acid groups (broad SMARTS) is 1. The Morgan fingerprint density at radius 2 is 1.94 bits per heavy atom. The maximum atomic E-state index is 11.8. The minimum Gasteiger partial charge on any atom is -0.481 e. The van der Waals surface area contributed by atoms with E-state index in [0.717, 1.165) is 6.54 Å². The fourth-order valence-corrected chi connectivity index (χ4v) is 2.40. The molecule has 0 atom stereocenters. The third-order valence-corrected chi connectivity index (χ3v) is 3.71. The second-order valence-corrected chi connectivity index (χ2v) is 5.60. The number of hydrogen-bond acceptors (Lipinski definition) is 2. The molecule has 0 aromatic carbocycles. The van der Waals surface area contributed by atoms with Gasteiger partial charge < -0.3 is 15.3 Å². The van der Waals surface area contributed by atoms with Crippen molar-refractivity contribution in [2.24, 2.45) is 5.41 Å². The molecule has 1 aliphatic carbocycles. The molecule has 2 amide bonds. The summed E-state index contributed by atoms with van der Waals surface area (Å²) < 4.78 is 0. The molecule has 104 valence electrons. The molecule has 1 saturated carbocycles. The fraction of sp³-hybridized carbons (Fsp3) is 0.846. The number of aliphatic carboxylic acids is 1. The SMILES string of the molecule is CN(CCCC(=O)O)C(=O)NCC1(C)CCCC1. The minimum absolute atomic E-state index is 0.103. The molecule has 0 unspecified atom stereocenters. The second kappa shape index (κ2) is 6.61. The van der Waals surface area contributed by atoms with Crippen LogP contribution in [-0.4, -0.2) is 42.1 Å². The van der Waals surface area contributed by atoms with Crippen LogP contribution < -0.4 is 5.32 Å². The van der Waals surface area contributed by atoms with Crippen molar-refractivity contribution in [1.82, 2.24) is 10.2 Å². The molecule has 18 heavy (non-hydrogen) atoms. The largest absolute Gasteiger partial charge is 0.481 e. The highest BCUT2D eigenvalue weighted by atomic mass is 16.4. The van der Waals surface area contributed by atoms with E-state index in [2.05, 4.69) is 12.2 Å². The van der Waals surface area contributed by atoms with Crippen LogP contribution >= 0.6 is 0 Å². The predicted octanol–water partition coefficient (Wildman–Crippen LogP) is 2.07. The van der Waals surface area contributed by atoms with E-state index in [0.29, 0.717) is 13.0 Å². The Hall–Kier alpha value is -1.26. The van der Waals surface area contributed by atoms with Gasteiger partial charge in [-0.3, -0.25) is 4.79 Å². The summed E-state index contributed by atoms with van der Waals surface area (Å²) in [6.45, 7) is 3.41. The zero-order valence-electron chi connectivity index (χ0n) is 11.4. The summed E-state index contributed by atoms with van der Waals surface area (Å²) in [6.07, 6.45) is 5.46. The van der Waals surface area contributed by atoms with Gasteiger partial charge in [0.15, 0.2) is 0 Å². The quantitative estimate of drug-likeness (QED) is 0.764. The van der Waals surface area contributed by atoms with Crippen LogP contribution in [0.4, 0.5) is 4.79 Å². The van der Waals surface area contributed by atoms with Crippen molar-refractivity contribution in [2.45, 2.75) is 45.4 Å². The number of nitrogens with zero attached hydrogens (tertiary/aromatic N) is 1. The van der Waals surface area contributed by atoms with Crippen LogP contribution in [0.5, 0.6) is 0 Å². The third kappa shape index (κ3) is 4.94. The van der Waals surface area contributed by atoms with Gasteiger partial charge in [0.25, 0.3) is 0 Å². The number of carboxylic acids is 1. The van der Waals surface area contributed by atoms with E-state index in [1.54, 1.807) is 11.9 Å². The molecular weight excluding hydrogens is 232 g/mol. The first kappa shape index (κ1) is 14.8. The van der Waals surface area contributed by atoms with Gasteiger partial charge in [-0.05, 0) is 24.7 Å². The molecular formula is C13H24N2O3. The summed E-state index contributed by atoms with van der Waals surface area (Å²) in [6, 6.07) is -0.103. The molecule has 1 aliphatic rings. The van der Waals surface area contributed by atoms with Crippen LogP contribution in [0.1, 0.15) is 45.4 Å². The number of carbonyl (C=O) groups excluding carboxylic acids is 1. The highest BCUT2D eigenvalue weighted by Crippen LogP contribution is 2.36. The molecule has 2 N–H and O–H groups in total. The van der Waals surface area contributed by atoms with Crippen LogP contribution in [-0.2, 0) is 4.79 Å². The summed E-state index contributed by atoms with van der Waals surface area (Å²) >= 11 is 0. The van der Waals surface area contributed by atoms with Gasteiger partial charge in [0.2, 0.25) is 0 Å². The van der Waals surface area contributed by atoms with Crippen LogP contribution in [0.15, 0.2) is 0 Å². The first-order chi connectivity index (χ1) is 8.43. The van der Waals surface area contributed by atoms with E-state index in [1.165, 1.54) is 25.7 Å². The van der Waals surface area contributed by atoms with Crippen molar-refractivity contribution < 1.29 is 14.7 Å². The third-order valence-electron chi connectivity index (χ3n) is 3.71. The van der Waals surface area contributed by atoms with E-state index < -0.39 is 5.97 Å². The molecule has 5 nitrogen and oxygen atoms in total. The van der Waals surface area contributed by atoms with Crippen molar-refractivity contribution in [1.29, 1.82) is 0 Å². The predicted molar refractivity (Wildman–Crippen MR) is 69.5 cm³/mol. The van der Waals surface area contributed by atoms with Gasteiger partial charge in [-0.2, -0.15) is 0 Å². The molecule has 0 aromatic heterocycles. The van der Waals surface area contributed by atoms with Crippen molar-refractivity contribution in [2.75, 3.05) is 20.1 Å². The highest BCUT2D eigenvalue weighted by molar-refractivity contribution is 5.74. The molecule has 0 spiro atoms. The zero-order valence-corrected chi connectivity index (χ0v) is 11.4. The monoisotopic (exact) mass is 256 g/mol. The maximum absolute atomic E-state index is 11.8. The number of hydrogen-bond donors (Lipinski definition) is 2. The standard InChI is InChI=1S/C13H24N2O3/c1-13(7-3-4-8-13)10-14-12(18)15(2)9-5-6-11(16)17/h3-10H2,1-2H3,(H,14,18)(H,16,17). The van der Waals surface area contributed by atoms with Gasteiger partial charge in [0, 0.05) is 26.6 Å². The van der Waals surface area contributed by atoms with E-state index in [9.17, 15) is 9.59 Å². The lowest BCUT2D eigenvalue weighted by molar-refractivity contribution is -0.137. The van der Waals surface area contributed by atoms with E-state index in [-0.39, 0.29) is 17.9 Å². The first-order valence-electron chi connectivity index (χ1n) is 6.64. The summed E-state index contributed by atoms with van der Waals surface area (Å²) in [5.41, 5.74) is 0.248. The summed E-state index contributed by atoms with van der Waals surface area (Å²) in [4.78, 5) is 23.7. The van der Waals surface area contributed by atoms with Crippen molar-refractivity contribution >= 4 is 12.0 Å². The first-order valence-corrected chi connectivity index (χ1v) is 6.64. The molecule has 5 heteroatoms. The Morgan fingerprint density at radius 3 is 2.50 bits per heavy atom. The van der Waals surface area contributed by atoms with Gasteiger partial charge in [-0.25, -0.2) is 4.79 Å². The van der Waals surface area contributed by atoms with Crippen molar-refractivity contribution in [3.63, 3.8) is 0 Å². The Morgan fingerprint density at radius 1 is 1.33 bits per heavy atom. The maximum Gasteiger partial charge on any atom is 0.317 e. The normalized spacial score (nSPS) is 17.4. The number of nitrogens with one attached hydrogen (secondary N) is 1. The summed E-state index contributed by atoms with van der Waals surface area (Å²) in [5, 5.41) is 11.5. The molecule has 0 bridgehead atoms. The number of urea groups is 1. The van der Waals surface area contributed by atoms with Crippen molar-refractivity contribution in [3.05, 3.63) is 0 Å². The summed E-state index contributed by atoms with van der Waals surface area (Å²) in [7, 11) is 1.70. The average Bonchev–Trinajstić information content (AvgIpc) is 2.73. The lowest BCUT2D eigenvalue weighted by Crippen LogP contribution is -2.42. The molecule has 1 fully saturated rings. The average molecular weight is 256 g/mol. The molecule has 0 saturated heterocycles. The Bertz CT molecular complexity index is 299. The number of carbonyl (C=O) groups is 2. The lowest BCUT2D eigenvalue weighted by atomic mass is 9.89. The van der Waals surface area contributed by atoms with E-state index in [1.807, 2.05) is 0 Å². The minimum atomic E-state index is -0.817. The Labute approximate surface area is 109 Å². The van der Waals surface area contributed by atoms with Gasteiger partial charge in [-0.1, -0.05) is 19.8 Å². The van der Waals surface area contributed by atoms with Crippen LogP contribution in [0.2, 0.25) is 0 Å². The van der Waals surface area contributed by atoms with Gasteiger partial charge in [0.1, 0.15) is 0 Å². The highest BCUT2D eigenvalue weighted by Gasteiger charge is 2.29. The Kier molecular flexibility index (Phi) is 5.44. The molecule has 1 rings (SSSR count). The van der Waals surface area contributed by atoms with E-state index in [4.69, 9.17) is 5.11 Å². The Balaban J connectivity index is 2.20. The van der Waals surface area contributed by atoms with Crippen LogP contribution in [0.3, 0.4) is 0 Å². The van der Waals surface area contributed by atoms with Crippen LogP contribution in [0, 0.1) is 5.41 Å². The van der Waals surface area contributed by atoms with Crippen molar-refractivity contribution in [3.8, 4) is 0 Å². The topological polar surface area (TPSA) is 69.6 Å². The molecule has 0 heterocycles. The van der Waals surface area contributed by atoms with E-state index >= 15 is 0 Å². The van der Waals surface area contributed by atoms with Gasteiger partial charge in [-0.15, -0.1) is 0 Å². The number of amides is 2.